The first-order valence-corrected chi connectivity index (χ1v) is 7.93. The summed E-state index contributed by atoms with van der Waals surface area (Å²) >= 11 is 0. The molecule has 1 aliphatic rings. The number of carbonyl (C=O) groups is 2. The molecule has 1 amide bonds. The minimum Gasteiger partial charge on any atom is -0.480 e. The monoisotopic (exact) mass is 319 g/mol. The van der Waals surface area contributed by atoms with Gasteiger partial charge in [0, 0.05) is 6.54 Å². The van der Waals surface area contributed by atoms with E-state index in [9.17, 15) is 14.7 Å². The Morgan fingerprint density at radius 3 is 2.39 bits per heavy atom. The summed E-state index contributed by atoms with van der Waals surface area (Å²) in [5.74, 6) is -0.839. The molecule has 2 rings (SSSR count). The van der Waals surface area contributed by atoms with E-state index in [0.717, 1.165) is 12.0 Å². The first kappa shape index (κ1) is 17.3. The van der Waals surface area contributed by atoms with E-state index in [1.807, 2.05) is 19.1 Å². The van der Waals surface area contributed by atoms with Gasteiger partial charge in [-0.3, -0.25) is 4.90 Å². The van der Waals surface area contributed by atoms with Crippen LogP contribution in [0.25, 0.3) is 0 Å². The van der Waals surface area contributed by atoms with Crippen LogP contribution in [0, 0.1) is 12.8 Å². The van der Waals surface area contributed by atoms with Crippen LogP contribution < -0.4 is 0 Å². The third-order valence-corrected chi connectivity index (χ3v) is 3.95. The van der Waals surface area contributed by atoms with Crippen LogP contribution >= 0.6 is 0 Å². The zero-order valence-corrected chi connectivity index (χ0v) is 14.2. The number of carbonyl (C=O) groups excluding carboxylic acids is 1. The largest absolute Gasteiger partial charge is 0.480 e. The summed E-state index contributed by atoms with van der Waals surface area (Å²) in [4.78, 5) is 25.1. The maximum absolute atomic E-state index is 12.3. The van der Waals surface area contributed by atoms with Crippen molar-refractivity contribution in [1.82, 2.24) is 4.90 Å². The van der Waals surface area contributed by atoms with Crippen LogP contribution in [-0.2, 0) is 16.0 Å². The molecule has 1 aromatic rings. The lowest BCUT2D eigenvalue weighted by atomic mass is 9.96. The molecule has 5 nitrogen and oxygen atoms in total. The zero-order chi connectivity index (χ0) is 17.2. The van der Waals surface area contributed by atoms with Crippen molar-refractivity contribution >= 4 is 12.1 Å². The number of hydrogen-bond donors (Lipinski definition) is 1. The van der Waals surface area contributed by atoms with Crippen molar-refractivity contribution in [2.75, 3.05) is 6.54 Å². The molecular formula is C18H25NO4. The maximum atomic E-state index is 12.3. The van der Waals surface area contributed by atoms with Gasteiger partial charge in [-0.25, -0.2) is 9.59 Å². The summed E-state index contributed by atoms with van der Waals surface area (Å²) in [7, 11) is 0. The van der Waals surface area contributed by atoms with Crippen LogP contribution in [0.5, 0.6) is 0 Å². The van der Waals surface area contributed by atoms with Crippen LogP contribution in [0.3, 0.4) is 0 Å². The summed E-state index contributed by atoms with van der Waals surface area (Å²) in [6, 6.07) is 7.40. The van der Waals surface area contributed by atoms with Crippen molar-refractivity contribution < 1.29 is 19.4 Å². The highest BCUT2D eigenvalue weighted by Gasteiger charge is 2.41. The minimum absolute atomic E-state index is 0.131. The Hall–Kier alpha value is -2.04. The van der Waals surface area contributed by atoms with Gasteiger partial charge in [0.05, 0.1) is 0 Å². The number of carboxylic acid groups (broad SMARTS) is 1. The van der Waals surface area contributed by atoms with E-state index in [-0.39, 0.29) is 5.92 Å². The fourth-order valence-corrected chi connectivity index (χ4v) is 2.88. The molecule has 0 aliphatic carbocycles. The molecule has 2 atom stereocenters. The quantitative estimate of drug-likeness (QED) is 0.928. The first-order valence-electron chi connectivity index (χ1n) is 7.93. The number of carboxylic acids is 1. The normalized spacial score (nSPS) is 21.3. The van der Waals surface area contributed by atoms with E-state index < -0.39 is 23.7 Å². The second-order valence-electron chi connectivity index (χ2n) is 7.28. The number of ether oxygens (including phenoxy) is 1. The van der Waals surface area contributed by atoms with E-state index >= 15 is 0 Å². The molecule has 1 N–H and O–H groups in total. The molecule has 0 saturated carbocycles. The Kier molecular flexibility index (Phi) is 4.97. The molecular weight excluding hydrogens is 294 g/mol. The predicted molar refractivity (Wildman–Crippen MR) is 87.4 cm³/mol. The summed E-state index contributed by atoms with van der Waals surface area (Å²) in [6.07, 6.45) is 0.683. The molecule has 126 valence electrons. The Morgan fingerprint density at radius 1 is 1.26 bits per heavy atom. The third kappa shape index (κ3) is 4.71. The van der Waals surface area contributed by atoms with Crippen molar-refractivity contribution in [3.8, 4) is 0 Å². The molecule has 1 aliphatic heterocycles. The van der Waals surface area contributed by atoms with E-state index in [2.05, 4.69) is 12.1 Å². The first-order chi connectivity index (χ1) is 10.7. The average Bonchev–Trinajstić information content (AvgIpc) is 2.84. The summed E-state index contributed by atoms with van der Waals surface area (Å²) < 4.78 is 5.34. The van der Waals surface area contributed by atoms with Crippen molar-refractivity contribution in [2.45, 2.75) is 52.2 Å². The van der Waals surface area contributed by atoms with E-state index in [0.29, 0.717) is 13.0 Å². The standard InChI is InChI=1S/C18H25NO4/c1-12-5-7-13(8-6-12)9-14-10-15(16(20)21)19(11-14)17(22)23-18(2,3)4/h5-8,14-15H,9-11H2,1-4H3,(H,20,21)/t14-,15+/m1/s1. The number of nitrogens with zero attached hydrogens (tertiary/aromatic N) is 1. The number of aliphatic carboxylic acids is 1. The smallest absolute Gasteiger partial charge is 0.411 e. The number of benzene rings is 1. The zero-order valence-electron chi connectivity index (χ0n) is 14.2. The minimum atomic E-state index is -0.970. The van der Waals surface area contributed by atoms with Gasteiger partial charge in [0.1, 0.15) is 11.6 Å². The van der Waals surface area contributed by atoms with Crippen LogP contribution in [-0.4, -0.2) is 40.3 Å². The van der Waals surface area contributed by atoms with Crippen LogP contribution in [0.1, 0.15) is 38.3 Å². The lowest BCUT2D eigenvalue weighted by molar-refractivity contribution is -0.142. The molecule has 1 fully saturated rings. The summed E-state index contributed by atoms with van der Waals surface area (Å²) in [5, 5.41) is 9.40. The van der Waals surface area contributed by atoms with Gasteiger partial charge in [-0.1, -0.05) is 29.8 Å². The van der Waals surface area contributed by atoms with Crippen molar-refractivity contribution in [2.24, 2.45) is 5.92 Å². The molecule has 23 heavy (non-hydrogen) atoms. The van der Waals surface area contributed by atoms with E-state index in [1.54, 1.807) is 20.8 Å². The molecule has 0 spiro atoms. The fourth-order valence-electron chi connectivity index (χ4n) is 2.88. The molecule has 1 saturated heterocycles. The van der Waals surface area contributed by atoms with Gasteiger partial charge in [-0.05, 0) is 52.0 Å². The molecule has 0 aromatic heterocycles. The molecule has 1 heterocycles. The molecule has 0 radical (unpaired) electrons. The second-order valence-corrected chi connectivity index (χ2v) is 7.28. The number of likely N-dealkylation sites (tertiary alicyclic amines) is 1. The predicted octanol–water partition coefficient (Wildman–Crippen LogP) is 3.25. The lowest BCUT2D eigenvalue weighted by Crippen LogP contribution is -2.43. The molecule has 0 unspecified atom stereocenters. The van der Waals surface area contributed by atoms with Crippen LogP contribution in [0.2, 0.25) is 0 Å². The molecule has 0 bridgehead atoms. The Morgan fingerprint density at radius 2 is 1.87 bits per heavy atom. The van der Waals surface area contributed by atoms with Gasteiger partial charge in [0.25, 0.3) is 0 Å². The maximum Gasteiger partial charge on any atom is 0.411 e. The topological polar surface area (TPSA) is 66.8 Å². The van der Waals surface area contributed by atoms with E-state index in [4.69, 9.17) is 4.74 Å². The lowest BCUT2D eigenvalue weighted by Gasteiger charge is -2.26. The summed E-state index contributed by atoms with van der Waals surface area (Å²) in [6.45, 7) is 7.78. The highest BCUT2D eigenvalue weighted by Crippen LogP contribution is 2.28. The average molecular weight is 319 g/mol. The third-order valence-electron chi connectivity index (χ3n) is 3.95. The number of aryl methyl sites for hydroxylation is 1. The highest BCUT2D eigenvalue weighted by atomic mass is 16.6. The molecule has 5 heteroatoms. The fraction of sp³-hybridized carbons (Fsp3) is 0.556. The number of rotatable bonds is 3. The van der Waals surface area contributed by atoms with Gasteiger partial charge in [0.2, 0.25) is 0 Å². The highest BCUT2D eigenvalue weighted by molar-refractivity contribution is 5.81. The number of hydrogen-bond acceptors (Lipinski definition) is 3. The number of amides is 1. The van der Waals surface area contributed by atoms with Gasteiger partial charge in [-0.2, -0.15) is 0 Å². The van der Waals surface area contributed by atoms with Gasteiger partial charge in [0.15, 0.2) is 0 Å². The van der Waals surface area contributed by atoms with Crippen molar-refractivity contribution in [1.29, 1.82) is 0 Å². The molecule has 1 aromatic carbocycles. The van der Waals surface area contributed by atoms with Crippen molar-refractivity contribution in [3.05, 3.63) is 35.4 Å². The van der Waals surface area contributed by atoms with Gasteiger partial charge in [-0.15, -0.1) is 0 Å². The second kappa shape index (κ2) is 6.60. The van der Waals surface area contributed by atoms with E-state index in [1.165, 1.54) is 10.5 Å². The Labute approximate surface area is 137 Å². The Bertz CT molecular complexity index is 574. The van der Waals surface area contributed by atoms with Crippen LogP contribution in [0.15, 0.2) is 24.3 Å². The summed E-state index contributed by atoms with van der Waals surface area (Å²) in [5.41, 5.74) is 1.73. The van der Waals surface area contributed by atoms with Crippen molar-refractivity contribution in [3.63, 3.8) is 0 Å². The Balaban J connectivity index is 2.06. The SMILES string of the molecule is Cc1ccc(C[C@@H]2C[C@@H](C(=O)O)N(C(=O)OC(C)(C)C)C2)cc1. The van der Waals surface area contributed by atoms with Gasteiger partial charge >= 0.3 is 12.1 Å². The van der Waals surface area contributed by atoms with Gasteiger partial charge < -0.3 is 9.84 Å². The van der Waals surface area contributed by atoms with Crippen LogP contribution in [0.4, 0.5) is 4.79 Å².